The van der Waals surface area contributed by atoms with Crippen LogP contribution in [0.5, 0.6) is 0 Å². The summed E-state index contributed by atoms with van der Waals surface area (Å²) in [7, 11) is 0. The van der Waals surface area contributed by atoms with Gasteiger partial charge in [0.1, 0.15) is 0 Å². The number of nitrogens with zero attached hydrogens (tertiary/aromatic N) is 1. The van der Waals surface area contributed by atoms with Gasteiger partial charge in [0.2, 0.25) is 5.91 Å². The molecule has 29 heavy (non-hydrogen) atoms. The van der Waals surface area contributed by atoms with E-state index in [0.717, 1.165) is 25.7 Å². The van der Waals surface area contributed by atoms with Crippen LogP contribution in [0.1, 0.15) is 56.9 Å². The van der Waals surface area contributed by atoms with E-state index in [1.165, 1.54) is 37.0 Å². The number of aliphatic imine (C=N–C) groups is 1. The SMILES string of the molecule is CSCC12CC3CC(c4ccccc4)(CC1C3C(=O)N=CC1CCC(N)CC1)C2. The molecule has 5 aliphatic rings. The second kappa shape index (κ2) is 7.53. The zero-order valence-corrected chi connectivity index (χ0v) is 18.4. The predicted octanol–water partition coefficient (Wildman–Crippen LogP) is 4.84. The van der Waals surface area contributed by atoms with E-state index in [2.05, 4.69) is 41.6 Å². The summed E-state index contributed by atoms with van der Waals surface area (Å²) in [5, 5.41) is 0. The van der Waals surface area contributed by atoms with E-state index >= 15 is 0 Å². The highest BCUT2D eigenvalue weighted by atomic mass is 32.2. The van der Waals surface area contributed by atoms with Crippen LogP contribution < -0.4 is 5.73 Å². The highest BCUT2D eigenvalue weighted by molar-refractivity contribution is 7.98. The molecule has 5 saturated carbocycles. The number of hydrogen-bond donors (Lipinski definition) is 1. The fraction of sp³-hybridized carbons (Fsp3) is 0.680. The Kier molecular flexibility index (Phi) is 5.14. The number of nitrogens with two attached hydrogens (primary N) is 1. The van der Waals surface area contributed by atoms with Gasteiger partial charge in [-0.3, -0.25) is 4.79 Å². The number of amides is 1. The minimum atomic E-state index is 0.156. The highest BCUT2D eigenvalue weighted by Crippen LogP contribution is 2.73. The maximum atomic E-state index is 13.3. The first-order valence-corrected chi connectivity index (χ1v) is 12.8. The zero-order valence-electron chi connectivity index (χ0n) is 17.6. The Morgan fingerprint density at radius 2 is 1.93 bits per heavy atom. The molecule has 0 saturated heterocycles. The number of carbonyl (C=O) groups excluding carboxylic acids is 1. The van der Waals surface area contributed by atoms with Crippen LogP contribution in [0.2, 0.25) is 0 Å². The Bertz CT molecular complexity index is 787. The van der Waals surface area contributed by atoms with Crippen molar-refractivity contribution in [1.82, 2.24) is 0 Å². The van der Waals surface area contributed by atoms with Gasteiger partial charge >= 0.3 is 0 Å². The summed E-state index contributed by atoms with van der Waals surface area (Å²) < 4.78 is 0. The van der Waals surface area contributed by atoms with E-state index in [9.17, 15) is 4.79 Å². The Hall–Kier alpha value is -1.13. The lowest BCUT2D eigenvalue weighted by molar-refractivity contribution is -0.125. The van der Waals surface area contributed by atoms with Crippen molar-refractivity contribution in [3.8, 4) is 0 Å². The van der Waals surface area contributed by atoms with Crippen LogP contribution >= 0.6 is 11.8 Å². The maximum absolute atomic E-state index is 13.3. The molecule has 1 aromatic rings. The van der Waals surface area contributed by atoms with E-state index in [4.69, 9.17) is 5.73 Å². The van der Waals surface area contributed by atoms with Crippen molar-refractivity contribution in [2.75, 3.05) is 12.0 Å². The minimum absolute atomic E-state index is 0.156. The highest BCUT2D eigenvalue weighted by Gasteiger charge is 2.69. The summed E-state index contributed by atoms with van der Waals surface area (Å²) in [6, 6.07) is 11.5. The van der Waals surface area contributed by atoms with E-state index in [0.29, 0.717) is 34.6 Å². The molecule has 0 radical (unpaired) electrons. The van der Waals surface area contributed by atoms with Gasteiger partial charge in [0.25, 0.3) is 0 Å². The smallest absolute Gasteiger partial charge is 0.249 e. The molecule has 1 amide bonds. The molecule has 6 rings (SSSR count). The minimum Gasteiger partial charge on any atom is -0.328 e. The lowest BCUT2D eigenvalue weighted by atomic mass is 9.62. The van der Waals surface area contributed by atoms with Gasteiger partial charge in [-0.05, 0) is 97.5 Å². The van der Waals surface area contributed by atoms with E-state index in [1.54, 1.807) is 0 Å². The first-order chi connectivity index (χ1) is 14.1. The largest absolute Gasteiger partial charge is 0.328 e. The second-order valence-corrected chi connectivity index (χ2v) is 11.3. The van der Waals surface area contributed by atoms with Crippen molar-refractivity contribution in [1.29, 1.82) is 0 Å². The van der Waals surface area contributed by atoms with Gasteiger partial charge in [0, 0.05) is 18.2 Å². The van der Waals surface area contributed by atoms with Crippen LogP contribution in [0.15, 0.2) is 35.3 Å². The van der Waals surface area contributed by atoms with Crippen molar-refractivity contribution < 1.29 is 4.79 Å². The molecule has 5 aliphatic carbocycles. The number of rotatable bonds is 5. The number of hydrogen-bond acceptors (Lipinski definition) is 3. The van der Waals surface area contributed by atoms with Gasteiger partial charge in [0.15, 0.2) is 0 Å². The first kappa shape index (κ1) is 19.8. The normalized spacial score (nSPS) is 43.3. The summed E-state index contributed by atoms with van der Waals surface area (Å²) in [5.74, 6) is 3.00. The lowest BCUT2D eigenvalue weighted by Crippen LogP contribution is -2.38. The molecule has 0 heterocycles. The number of thioether (sulfide) groups is 1. The monoisotopic (exact) mass is 410 g/mol. The van der Waals surface area contributed by atoms with Gasteiger partial charge in [0.05, 0.1) is 0 Å². The van der Waals surface area contributed by atoms with Crippen LogP contribution in [-0.2, 0) is 10.2 Å². The molecule has 3 nitrogen and oxygen atoms in total. The number of benzene rings is 1. The van der Waals surface area contributed by atoms with Crippen molar-refractivity contribution >= 4 is 23.9 Å². The molecule has 5 fully saturated rings. The van der Waals surface area contributed by atoms with E-state index in [-0.39, 0.29) is 11.8 Å². The molecule has 5 atom stereocenters. The summed E-state index contributed by atoms with van der Waals surface area (Å²) in [6.07, 6.45) is 13.4. The first-order valence-electron chi connectivity index (χ1n) is 11.4. The van der Waals surface area contributed by atoms with Crippen LogP contribution in [0, 0.1) is 29.1 Å². The zero-order chi connectivity index (χ0) is 20.1. The Morgan fingerprint density at radius 3 is 2.66 bits per heavy atom. The van der Waals surface area contributed by atoms with Crippen LogP contribution in [0.4, 0.5) is 0 Å². The topological polar surface area (TPSA) is 55.5 Å². The van der Waals surface area contributed by atoms with Crippen molar-refractivity contribution in [3.05, 3.63) is 35.9 Å². The molecule has 4 heteroatoms. The standard InChI is InChI=1S/C25H34N2OS/c1-29-16-25-12-18-11-24(15-25,19-5-3-2-4-6-19)13-21(25)22(18)23(28)27-14-17-7-9-20(26)10-8-17/h2-6,14,17-18,20-22H,7-13,15-16,26H2,1H3. The van der Waals surface area contributed by atoms with Crippen LogP contribution in [0.25, 0.3) is 0 Å². The molecule has 5 unspecified atom stereocenters. The fourth-order valence-electron chi connectivity index (χ4n) is 7.65. The van der Waals surface area contributed by atoms with Gasteiger partial charge in [-0.1, -0.05) is 30.3 Å². The molecule has 2 N–H and O–H groups in total. The summed E-state index contributed by atoms with van der Waals surface area (Å²) in [5.41, 5.74) is 8.16. The van der Waals surface area contributed by atoms with Crippen LogP contribution in [0.3, 0.4) is 0 Å². The van der Waals surface area contributed by atoms with Crippen molar-refractivity contribution in [2.45, 2.75) is 62.8 Å². The van der Waals surface area contributed by atoms with Gasteiger partial charge < -0.3 is 5.73 Å². The number of carbonyl (C=O) groups is 1. The third-order valence-corrected chi connectivity index (χ3v) is 9.55. The molecule has 0 aromatic heterocycles. The quantitative estimate of drug-likeness (QED) is 0.707. The van der Waals surface area contributed by atoms with E-state index in [1.807, 2.05) is 18.0 Å². The van der Waals surface area contributed by atoms with Gasteiger partial charge in [-0.25, -0.2) is 4.99 Å². The van der Waals surface area contributed by atoms with Crippen molar-refractivity contribution in [3.63, 3.8) is 0 Å². The summed E-state index contributed by atoms with van der Waals surface area (Å²) in [6.45, 7) is 0. The molecule has 1 aromatic carbocycles. The molecule has 156 valence electrons. The third kappa shape index (κ3) is 3.31. The molecule has 0 aliphatic heterocycles. The summed E-state index contributed by atoms with van der Waals surface area (Å²) in [4.78, 5) is 17.9. The Balaban J connectivity index is 1.37. The Morgan fingerprint density at radius 1 is 1.17 bits per heavy atom. The fourth-order valence-corrected chi connectivity index (χ4v) is 8.66. The van der Waals surface area contributed by atoms with Crippen molar-refractivity contribution in [2.24, 2.45) is 39.8 Å². The third-order valence-electron chi connectivity index (χ3n) is 8.68. The molecule has 4 bridgehead atoms. The maximum Gasteiger partial charge on any atom is 0.249 e. The average Bonchev–Trinajstić information content (AvgIpc) is 3.09. The van der Waals surface area contributed by atoms with Gasteiger partial charge in [-0.2, -0.15) is 11.8 Å². The predicted molar refractivity (Wildman–Crippen MR) is 121 cm³/mol. The molecular weight excluding hydrogens is 376 g/mol. The second-order valence-electron chi connectivity index (χ2n) is 10.4. The molecule has 0 spiro atoms. The van der Waals surface area contributed by atoms with Gasteiger partial charge in [-0.15, -0.1) is 0 Å². The van der Waals surface area contributed by atoms with E-state index < -0.39 is 0 Å². The lowest BCUT2D eigenvalue weighted by Gasteiger charge is -2.42. The van der Waals surface area contributed by atoms with Crippen LogP contribution in [-0.4, -0.2) is 30.2 Å². The molecular formula is C25H34N2OS. The average molecular weight is 411 g/mol. The summed E-state index contributed by atoms with van der Waals surface area (Å²) >= 11 is 1.97. The Labute approximate surface area is 179 Å².